The summed E-state index contributed by atoms with van der Waals surface area (Å²) in [6, 6.07) is 15.4. The molecule has 2 amide bonds. The van der Waals surface area contributed by atoms with Crippen molar-refractivity contribution < 1.29 is 24.2 Å². The lowest BCUT2D eigenvalue weighted by Gasteiger charge is -2.35. The van der Waals surface area contributed by atoms with Crippen molar-refractivity contribution in [3.05, 3.63) is 59.7 Å². The van der Waals surface area contributed by atoms with Crippen LogP contribution in [0.3, 0.4) is 0 Å². The summed E-state index contributed by atoms with van der Waals surface area (Å²) in [6.45, 7) is 6.46. The molecule has 0 bridgehead atoms. The number of benzene rings is 2. The van der Waals surface area contributed by atoms with Crippen LogP contribution in [-0.4, -0.2) is 53.2 Å². The Kier molecular flexibility index (Phi) is 7.15. The van der Waals surface area contributed by atoms with Crippen LogP contribution < -0.4 is 5.32 Å². The summed E-state index contributed by atoms with van der Waals surface area (Å²) in [6.07, 6.45) is 1.43. The molecular formula is C28H34N2O5. The standard InChI is InChI=1S/C28H34N2O5/c1-28(2,3)25(26(33)30-16-8-9-18(30)14-15-24(31)32)29-27(34)35-17-23-21-12-6-4-10-19(21)20-11-5-7-13-22(20)23/h4-7,10-13,18,23,25H,8-9,14-17H2,1-3H3,(H,29,34)(H,31,32)/t18?,25-/m0/s1. The average molecular weight is 479 g/mol. The van der Waals surface area contributed by atoms with E-state index in [1.54, 1.807) is 4.90 Å². The molecular weight excluding hydrogens is 444 g/mol. The molecule has 7 heteroatoms. The Balaban J connectivity index is 1.44. The van der Waals surface area contributed by atoms with Crippen molar-refractivity contribution in [2.75, 3.05) is 13.2 Å². The molecule has 1 unspecified atom stereocenters. The van der Waals surface area contributed by atoms with Gasteiger partial charge in [-0.05, 0) is 46.9 Å². The van der Waals surface area contributed by atoms with E-state index in [-0.39, 0.29) is 30.9 Å². The Hall–Kier alpha value is -3.35. The van der Waals surface area contributed by atoms with Gasteiger partial charge in [0.25, 0.3) is 0 Å². The first-order chi connectivity index (χ1) is 16.7. The zero-order valence-corrected chi connectivity index (χ0v) is 20.6. The molecule has 2 aliphatic rings. The molecule has 2 atom stereocenters. The predicted molar refractivity (Wildman–Crippen MR) is 133 cm³/mol. The molecule has 2 aromatic rings. The molecule has 0 saturated carbocycles. The lowest BCUT2D eigenvalue weighted by atomic mass is 9.85. The van der Waals surface area contributed by atoms with Crippen LogP contribution in [0.2, 0.25) is 0 Å². The van der Waals surface area contributed by atoms with E-state index in [1.807, 2.05) is 45.0 Å². The Labute approximate surface area is 206 Å². The van der Waals surface area contributed by atoms with Gasteiger partial charge in [0.1, 0.15) is 12.6 Å². The second-order valence-electron chi connectivity index (χ2n) is 10.5. The summed E-state index contributed by atoms with van der Waals surface area (Å²) in [7, 11) is 0. The molecule has 0 spiro atoms. The van der Waals surface area contributed by atoms with Gasteiger partial charge in [-0.3, -0.25) is 9.59 Å². The van der Waals surface area contributed by atoms with Gasteiger partial charge >= 0.3 is 12.1 Å². The van der Waals surface area contributed by atoms with Crippen molar-refractivity contribution in [2.24, 2.45) is 5.41 Å². The van der Waals surface area contributed by atoms with E-state index >= 15 is 0 Å². The second kappa shape index (κ2) is 10.1. The van der Waals surface area contributed by atoms with Crippen LogP contribution in [0.25, 0.3) is 11.1 Å². The number of carboxylic acid groups (broad SMARTS) is 1. The summed E-state index contributed by atoms with van der Waals surface area (Å²) in [5.74, 6) is -1.11. The highest BCUT2D eigenvalue weighted by Crippen LogP contribution is 2.44. The number of amides is 2. The maximum Gasteiger partial charge on any atom is 0.407 e. The molecule has 35 heavy (non-hydrogen) atoms. The summed E-state index contributed by atoms with van der Waals surface area (Å²) in [4.78, 5) is 39.2. The van der Waals surface area contributed by atoms with Gasteiger partial charge in [0.15, 0.2) is 0 Å². The van der Waals surface area contributed by atoms with E-state index in [0.717, 1.165) is 35.1 Å². The highest BCUT2D eigenvalue weighted by Gasteiger charge is 2.40. The number of rotatable bonds is 7. The maximum atomic E-state index is 13.5. The first-order valence-electron chi connectivity index (χ1n) is 12.3. The van der Waals surface area contributed by atoms with Crippen LogP contribution in [0.5, 0.6) is 0 Å². The van der Waals surface area contributed by atoms with Crippen molar-refractivity contribution in [2.45, 2.75) is 64.5 Å². The van der Waals surface area contributed by atoms with Crippen molar-refractivity contribution >= 4 is 18.0 Å². The first kappa shape index (κ1) is 24.8. The van der Waals surface area contributed by atoms with Gasteiger partial charge in [-0.2, -0.15) is 0 Å². The van der Waals surface area contributed by atoms with Gasteiger partial charge in [-0.15, -0.1) is 0 Å². The minimum absolute atomic E-state index is 0.0223. The number of hydrogen-bond donors (Lipinski definition) is 2. The Morgan fingerprint density at radius 2 is 1.66 bits per heavy atom. The minimum atomic E-state index is -0.867. The fourth-order valence-corrected chi connectivity index (χ4v) is 5.29. The Bertz CT molecular complexity index is 1060. The molecule has 186 valence electrons. The van der Waals surface area contributed by atoms with Gasteiger partial charge < -0.3 is 20.1 Å². The molecule has 4 rings (SSSR count). The fourth-order valence-electron chi connectivity index (χ4n) is 5.29. The van der Waals surface area contributed by atoms with Gasteiger partial charge in [0, 0.05) is 24.9 Å². The number of ether oxygens (including phenoxy) is 1. The predicted octanol–water partition coefficient (Wildman–Crippen LogP) is 4.80. The third-order valence-corrected chi connectivity index (χ3v) is 7.07. The van der Waals surface area contributed by atoms with Gasteiger partial charge in [-0.25, -0.2) is 4.79 Å². The summed E-state index contributed by atoms with van der Waals surface area (Å²) >= 11 is 0. The smallest absolute Gasteiger partial charge is 0.407 e. The third-order valence-electron chi connectivity index (χ3n) is 7.07. The van der Waals surface area contributed by atoms with Gasteiger partial charge in [0.2, 0.25) is 5.91 Å². The van der Waals surface area contributed by atoms with Crippen molar-refractivity contribution in [1.82, 2.24) is 10.2 Å². The number of alkyl carbamates (subject to hydrolysis) is 1. The molecule has 2 N–H and O–H groups in total. The number of carbonyl (C=O) groups is 3. The van der Waals surface area contributed by atoms with Crippen molar-refractivity contribution in [3.8, 4) is 11.1 Å². The Morgan fingerprint density at radius 1 is 1.06 bits per heavy atom. The molecule has 1 fully saturated rings. The zero-order valence-electron chi connectivity index (χ0n) is 20.6. The van der Waals surface area contributed by atoms with Gasteiger partial charge in [0.05, 0.1) is 0 Å². The lowest BCUT2D eigenvalue weighted by molar-refractivity contribution is -0.140. The van der Waals surface area contributed by atoms with Gasteiger partial charge in [-0.1, -0.05) is 69.3 Å². The van der Waals surface area contributed by atoms with Crippen molar-refractivity contribution in [1.29, 1.82) is 0 Å². The topological polar surface area (TPSA) is 95.9 Å². The molecule has 1 saturated heterocycles. The highest BCUT2D eigenvalue weighted by molar-refractivity contribution is 5.87. The number of aliphatic carboxylic acids is 1. The average Bonchev–Trinajstić information content (AvgIpc) is 3.41. The minimum Gasteiger partial charge on any atom is -0.481 e. The van der Waals surface area contributed by atoms with E-state index < -0.39 is 23.5 Å². The highest BCUT2D eigenvalue weighted by atomic mass is 16.5. The Morgan fingerprint density at radius 3 is 2.23 bits per heavy atom. The summed E-state index contributed by atoms with van der Waals surface area (Å²) in [5, 5.41) is 11.9. The summed E-state index contributed by atoms with van der Waals surface area (Å²) in [5.41, 5.74) is 4.02. The first-order valence-corrected chi connectivity index (χ1v) is 12.3. The SMILES string of the molecule is CC(C)(C)[C@@H](NC(=O)OCC1c2ccccc2-c2ccccc21)C(=O)N1CCCC1CCC(=O)O. The molecule has 1 heterocycles. The number of carboxylic acids is 1. The van der Waals surface area contributed by atoms with E-state index in [9.17, 15) is 14.4 Å². The number of likely N-dealkylation sites (tertiary alicyclic amines) is 1. The second-order valence-corrected chi connectivity index (χ2v) is 10.5. The quantitative estimate of drug-likeness (QED) is 0.596. The van der Waals surface area contributed by atoms with Crippen LogP contribution in [0.1, 0.15) is 63.5 Å². The fraction of sp³-hybridized carbons (Fsp3) is 0.464. The van der Waals surface area contributed by atoms with Crippen LogP contribution in [-0.2, 0) is 14.3 Å². The van der Waals surface area contributed by atoms with E-state index in [0.29, 0.717) is 13.0 Å². The number of carbonyl (C=O) groups excluding carboxylic acids is 2. The molecule has 0 radical (unpaired) electrons. The maximum absolute atomic E-state index is 13.5. The number of nitrogens with one attached hydrogen (secondary N) is 1. The number of fused-ring (bicyclic) bond motifs is 3. The molecule has 1 aliphatic carbocycles. The number of nitrogens with zero attached hydrogens (tertiary/aromatic N) is 1. The van der Waals surface area contributed by atoms with Crippen LogP contribution >= 0.6 is 0 Å². The molecule has 0 aromatic heterocycles. The normalized spacial score (nSPS) is 18.0. The third kappa shape index (κ3) is 5.34. The largest absolute Gasteiger partial charge is 0.481 e. The van der Waals surface area contributed by atoms with E-state index in [2.05, 4.69) is 29.6 Å². The van der Waals surface area contributed by atoms with Crippen LogP contribution in [0.4, 0.5) is 4.79 Å². The lowest BCUT2D eigenvalue weighted by Crippen LogP contribution is -2.55. The summed E-state index contributed by atoms with van der Waals surface area (Å²) < 4.78 is 5.69. The number of hydrogen-bond acceptors (Lipinski definition) is 4. The zero-order chi connectivity index (χ0) is 25.2. The van der Waals surface area contributed by atoms with Crippen LogP contribution in [0, 0.1) is 5.41 Å². The molecule has 7 nitrogen and oxygen atoms in total. The van der Waals surface area contributed by atoms with Crippen molar-refractivity contribution in [3.63, 3.8) is 0 Å². The molecule has 2 aromatic carbocycles. The van der Waals surface area contributed by atoms with E-state index in [1.165, 1.54) is 0 Å². The molecule has 1 aliphatic heterocycles. The monoisotopic (exact) mass is 478 g/mol. The van der Waals surface area contributed by atoms with E-state index in [4.69, 9.17) is 9.84 Å². The van der Waals surface area contributed by atoms with Crippen LogP contribution in [0.15, 0.2) is 48.5 Å².